The van der Waals surface area contributed by atoms with Gasteiger partial charge in [0, 0.05) is 17.6 Å². The van der Waals surface area contributed by atoms with E-state index in [-0.39, 0.29) is 5.91 Å². The van der Waals surface area contributed by atoms with Gasteiger partial charge < -0.3 is 11.1 Å². The molecule has 2 atom stereocenters. The van der Waals surface area contributed by atoms with Crippen LogP contribution in [0.15, 0.2) is 18.2 Å². The molecule has 0 saturated heterocycles. The van der Waals surface area contributed by atoms with E-state index in [0.717, 1.165) is 18.4 Å². The largest absolute Gasteiger partial charge is 0.349 e. The summed E-state index contributed by atoms with van der Waals surface area (Å²) in [5.74, 6) is 1.22. The molecule has 0 spiro atoms. The van der Waals surface area contributed by atoms with Gasteiger partial charge in [-0.15, -0.1) is 0 Å². The second-order valence-corrected chi connectivity index (χ2v) is 6.98. The number of nitrogens with two attached hydrogens (primary N) is 1. The topological polar surface area (TPSA) is 55.1 Å². The van der Waals surface area contributed by atoms with Crippen LogP contribution in [0.25, 0.3) is 0 Å². The van der Waals surface area contributed by atoms with Gasteiger partial charge in [0.25, 0.3) is 5.91 Å². The molecule has 1 aromatic rings. The van der Waals surface area contributed by atoms with Gasteiger partial charge in [0.2, 0.25) is 0 Å². The summed E-state index contributed by atoms with van der Waals surface area (Å²) in [6.07, 6.45) is 5.84. The van der Waals surface area contributed by atoms with E-state index < -0.39 is 0 Å². The van der Waals surface area contributed by atoms with Crippen LogP contribution in [0.4, 0.5) is 0 Å². The first-order valence-electron chi connectivity index (χ1n) is 8.18. The van der Waals surface area contributed by atoms with Crippen molar-refractivity contribution in [3.8, 4) is 0 Å². The quantitative estimate of drug-likeness (QED) is 0.878. The first-order chi connectivity index (χ1) is 10.0. The molecular weight excluding hydrogens is 260 g/mol. The zero-order valence-electron chi connectivity index (χ0n) is 13.1. The Morgan fingerprint density at radius 2 is 1.81 bits per heavy atom. The SMILES string of the molecule is Cc1ccc(C(=O)NC2C3CCCC2CC(N)C3)cc1C. The third-order valence-electron chi connectivity index (χ3n) is 5.44. The predicted molar refractivity (Wildman–Crippen MR) is 85.2 cm³/mol. The van der Waals surface area contributed by atoms with E-state index in [2.05, 4.69) is 19.2 Å². The highest BCUT2D eigenvalue weighted by Gasteiger charge is 2.39. The molecule has 2 bridgehead atoms. The van der Waals surface area contributed by atoms with Crippen molar-refractivity contribution < 1.29 is 4.79 Å². The van der Waals surface area contributed by atoms with Crippen molar-refractivity contribution in [1.29, 1.82) is 0 Å². The minimum atomic E-state index is 0.0791. The third kappa shape index (κ3) is 2.98. The number of hydrogen-bond acceptors (Lipinski definition) is 2. The third-order valence-corrected chi connectivity index (χ3v) is 5.44. The van der Waals surface area contributed by atoms with E-state index in [1.165, 1.54) is 30.4 Å². The summed E-state index contributed by atoms with van der Waals surface area (Å²) in [5, 5.41) is 3.31. The summed E-state index contributed by atoms with van der Waals surface area (Å²) < 4.78 is 0. The van der Waals surface area contributed by atoms with Crippen LogP contribution in [0.2, 0.25) is 0 Å². The number of amides is 1. The molecule has 114 valence electrons. The van der Waals surface area contributed by atoms with E-state index in [1.807, 2.05) is 18.2 Å². The molecule has 2 fully saturated rings. The van der Waals surface area contributed by atoms with E-state index >= 15 is 0 Å². The monoisotopic (exact) mass is 286 g/mol. The number of benzene rings is 1. The summed E-state index contributed by atoms with van der Waals surface area (Å²) >= 11 is 0. The van der Waals surface area contributed by atoms with Crippen molar-refractivity contribution in [2.75, 3.05) is 0 Å². The summed E-state index contributed by atoms with van der Waals surface area (Å²) in [4.78, 5) is 12.5. The Kier molecular flexibility index (Phi) is 4.03. The minimum Gasteiger partial charge on any atom is -0.349 e. The lowest BCUT2D eigenvalue weighted by Crippen LogP contribution is -2.53. The number of fused-ring (bicyclic) bond motifs is 2. The van der Waals surface area contributed by atoms with Crippen LogP contribution in [-0.2, 0) is 0 Å². The molecular formula is C18H26N2O. The first kappa shape index (κ1) is 14.6. The molecule has 3 nitrogen and oxygen atoms in total. The Hall–Kier alpha value is -1.35. The molecule has 2 aliphatic rings. The molecule has 0 aliphatic heterocycles. The second kappa shape index (κ2) is 5.80. The molecule has 2 saturated carbocycles. The molecule has 1 aromatic carbocycles. The van der Waals surface area contributed by atoms with Gasteiger partial charge in [0.05, 0.1) is 0 Å². The fourth-order valence-electron chi connectivity index (χ4n) is 4.14. The first-order valence-corrected chi connectivity index (χ1v) is 8.18. The number of carbonyl (C=O) groups is 1. The van der Waals surface area contributed by atoms with Crippen molar-refractivity contribution in [3.63, 3.8) is 0 Å². The van der Waals surface area contributed by atoms with Crippen molar-refractivity contribution >= 4 is 5.91 Å². The number of hydrogen-bond donors (Lipinski definition) is 2. The summed E-state index contributed by atoms with van der Waals surface area (Å²) in [6.45, 7) is 4.13. The highest BCUT2D eigenvalue weighted by Crippen LogP contribution is 2.39. The van der Waals surface area contributed by atoms with Gasteiger partial charge >= 0.3 is 0 Å². The zero-order valence-corrected chi connectivity index (χ0v) is 13.1. The molecule has 3 N–H and O–H groups in total. The van der Waals surface area contributed by atoms with E-state index in [1.54, 1.807) is 0 Å². The number of carbonyl (C=O) groups excluding carboxylic acids is 1. The highest BCUT2D eigenvalue weighted by atomic mass is 16.1. The van der Waals surface area contributed by atoms with Crippen LogP contribution in [0.1, 0.15) is 53.6 Å². The smallest absolute Gasteiger partial charge is 0.251 e. The predicted octanol–water partition coefficient (Wildman–Crippen LogP) is 2.94. The van der Waals surface area contributed by atoms with E-state index in [9.17, 15) is 4.79 Å². The Morgan fingerprint density at radius 1 is 1.14 bits per heavy atom. The molecule has 1 amide bonds. The fraction of sp³-hybridized carbons (Fsp3) is 0.611. The summed E-state index contributed by atoms with van der Waals surface area (Å²) in [6, 6.07) is 6.61. The molecule has 2 unspecified atom stereocenters. The summed E-state index contributed by atoms with van der Waals surface area (Å²) in [5.41, 5.74) is 9.34. The Balaban J connectivity index is 1.73. The molecule has 3 rings (SSSR count). The fourth-order valence-corrected chi connectivity index (χ4v) is 4.14. The molecule has 3 heteroatoms. The average molecular weight is 286 g/mol. The van der Waals surface area contributed by atoms with Gasteiger partial charge in [-0.2, -0.15) is 0 Å². The van der Waals surface area contributed by atoms with Crippen molar-refractivity contribution in [1.82, 2.24) is 5.32 Å². The minimum absolute atomic E-state index is 0.0791. The number of aryl methyl sites for hydroxylation is 2. The van der Waals surface area contributed by atoms with Crippen LogP contribution in [0.3, 0.4) is 0 Å². The van der Waals surface area contributed by atoms with Crippen LogP contribution in [0, 0.1) is 25.7 Å². The van der Waals surface area contributed by atoms with Crippen molar-refractivity contribution in [2.45, 2.75) is 58.0 Å². The van der Waals surface area contributed by atoms with Gasteiger partial charge in [-0.05, 0) is 74.6 Å². The Labute approximate surface area is 127 Å². The maximum absolute atomic E-state index is 12.5. The molecule has 0 radical (unpaired) electrons. The van der Waals surface area contributed by atoms with E-state index in [0.29, 0.717) is 23.9 Å². The maximum Gasteiger partial charge on any atom is 0.251 e. The lowest BCUT2D eigenvalue weighted by atomic mass is 9.67. The lowest BCUT2D eigenvalue weighted by molar-refractivity contribution is 0.0756. The molecule has 0 heterocycles. The van der Waals surface area contributed by atoms with Gasteiger partial charge in [-0.1, -0.05) is 12.5 Å². The summed E-state index contributed by atoms with van der Waals surface area (Å²) in [7, 11) is 0. The number of nitrogens with one attached hydrogen (secondary N) is 1. The molecule has 21 heavy (non-hydrogen) atoms. The van der Waals surface area contributed by atoms with Crippen LogP contribution in [-0.4, -0.2) is 18.0 Å². The molecule has 0 aromatic heterocycles. The van der Waals surface area contributed by atoms with Gasteiger partial charge in [0.15, 0.2) is 0 Å². The van der Waals surface area contributed by atoms with Crippen LogP contribution in [0.5, 0.6) is 0 Å². The lowest BCUT2D eigenvalue weighted by Gasteiger charge is -2.45. The normalized spacial score (nSPS) is 31.8. The Morgan fingerprint density at radius 3 is 2.43 bits per heavy atom. The van der Waals surface area contributed by atoms with Gasteiger partial charge in [0.1, 0.15) is 0 Å². The van der Waals surface area contributed by atoms with Gasteiger partial charge in [-0.3, -0.25) is 4.79 Å². The average Bonchev–Trinajstić information content (AvgIpc) is 2.42. The second-order valence-electron chi connectivity index (χ2n) is 6.98. The standard InChI is InChI=1S/C18H26N2O/c1-11-6-7-15(8-12(11)2)18(21)20-17-13-4-3-5-14(17)10-16(19)9-13/h6-8,13-14,16-17H,3-5,9-10,19H2,1-2H3,(H,20,21). The van der Waals surface area contributed by atoms with Crippen LogP contribution >= 0.6 is 0 Å². The van der Waals surface area contributed by atoms with Crippen molar-refractivity contribution in [3.05, 3.63) is 34.9 Å². The number of rotatable bonds is 2. The Bertz CT molecular complexity index is 526. The molecule has 2 aliphatic carbocycles. The zero-order chi connectivity index (χ0) is 15.0. The van der Waals surface area contributed by atoms with Crippen LogP contribution < -0.4 is 11.1 Å². The highest BCUT2D eigenvalue weighted by molar-refractivity contribution is 5.94. The van der Waals surface area contributed by atoms with E-state index in [4.69, 9.17) is 5.73 Å². The maximum atomic E-state index is 12.5. The van der Waals surface area contributed by atoms with Crippen molar-refractivity contribution in [2.24, 2.45) is 17.6 Å². The van der Waals surface area contributed by atoms with Gasteiger partial charge in [-0.25, -0.2) is 0 Å².